The maximum atomic E-state index is 13.0. The molecule has 0 bridgehead atoms. The Morgan fingerprint density at radius 2 is 1.54 bits per heavy atom. The molecule has 3 aromatic rings. The summed E-state index contributed by atoms with van der Waals surface area (Å²) >= 11 is 3.36. The van der Waals surface area contributed by atoms with Crippen LogP contribution in [0.15, 0.2) is 88.1 Å². The van der Waals surface area contributed by atoms with Crippen molar-refractivity contribution < 1.29 is 14.5 Å². The highest BCUT2D eigenvalue weighted by atomic mass is 79.9. The van der Waals surface area contributed by atoms with Crippen LogP contribution in [-0.4, -0.2) is 36.0 Å². The van der Waals surface area contributed by atoms with Gasteiger partial charge in [0.1, 0.15) is 5.70 Å². The maximum absolute atomic E-state index is 13.0. The second kappa shape index (κ2) is 13.1. The summed E-state index contributed by atoms with van der Waals surface area (Å²) in [7, 11) is 0. The molecule has 0 saturated carbocycles. The fraction of sp³-hybridized carbons (Fsp3) is 0.148. The minimum Gasteiger partial charge on any atom is -0.372 e. The van der Waals surface area contributed by atoms with Crippen LogP contribution in [0.3, 0.4) is 0 Å². The van der Waals surface area contributed by atoms with E-state index in [9.17, 15) is 19.7 Å². The Labute approximate surface area is 223 Å². The van der Waals surface area contributed by atoms with Crippen LogP contribution in [0.2, 0.25) is 0 Å². The SMILES string of the molecule is CCN(CC)c1ccc(/C=C(/NC(=O)c2ccc([N+](=O)[O-])cc2)C(=O)N/N=C/c2ccc(Br)cc2)cc1. The summed E-state index contributed by atoms with van der Waals surface area (Å²) in [5, 5.41) is 17.5. The van der Waals surface area contributed by atoms with Crippen LogP contribution in [-0.2, 0) is 4.79 Å². The number of rotatable bonds is 10. The van der Waals surface area contributed by atoms with Gasteiger partial charge in [-0.05, 0) is 67.4 Å². The Morgan fingerprint density at radius 3 is 2.11 bits per heavy atom. The van der Waals surface area contributed by atoms with Crippen LogP contribution in [0.1, 0.15) is 35.3 Å². The topological polar surface area (TPSA) is 117 Å². The summed E-state index contributed by atoms with van der Waals surface area (Å²) in [4.78, 5) is 38.3. The predicted molar refractivity (Wildman–Crippen MR) is 148 cm³/mol. The molecule has 0 aliphatic carbocycles. The lowest BCUT2D eigenvalue weighted by molar-refractivity contribution is -0.384. The number of nitrogens with one attached hydrogen (secondary N) is 2. The first-order valence-electron chi connectivity index (χ1n) is 11.5. The highest BCUT2D eigenvalue weighted by Crippen LogP contribution is 2.17. The molecule has 37 heavy (non-hydrogen) atoms. The zero-order chi connectivity index (χ0) is 26.8. The van der Waals surface area contributed by atoms with Crippen molar-refractivity contribution >= 4 is 51.4 Å². The van der Waals surface area contributed by atoms with Crippen LogP contribution in [0.5, 0.6) is 0 Å². The summed E-state index contributed by atoms with van der Waals surface area (Å²) in [6.07, 6.45) is 3.03. The van der Waals surface area contributed by atoms with Gasteiger partial charge in [-0.2, -0.15) is 5.10 Å². The number of amides is 2. The molecule has 2 amide bonds. The van der Waals surface area contributed by atoms with Crippen LogP contribution in [0, 0.1) is 10.1 Å². The number of anilines is 1. The molecule has 190 valence electrons. The number of nitro benzene ring substituents is 1. The number of nitro groups is 1. The number of carbonyl (C=O) groups is 2. The van der Waals surface area contributed by atoms with Crippen molar-refractivity contribution in [3.05, 3.63) is 110 Å². The molecule has 0 aliphatic rings. The predicted octanol–water partition coefficient (Wildman–Crippen LogP) is 5.12. The lowest BCUT2D eigenvalue weighted by Gasteiger charge is -2.20. The van der Waals surface area contributed by atoms with Gasteiger partial charge >= 0.3 is 0 Å². The number of hydrazone groups is 1. The molecular weight excluding hydrogens is 538 g/mol. The van der Waals surface area contributed by atoms with Crippen molar-refractivity contribution in [1.29, 1.82) is 0 Å². The van der Waals surface area contributed by atoms with Gasteiger partial charge in [-0.1, -0.05) is 40.2 Å². The van der Waals surface area contributed by atoms with E-state index >= 15 is 0 Å². The van der Waals surface area contributed by atoms with Crippen molar-refractivity contribution in [2.75, 3.05) is 18.0 Å². The number of halogens is 1. The molecule has 0 unspecified atom stereocenters. The lowest BCUT2D eigenvalue weighted by Crippen LogP contribution is -2.32. The monoisotopic (exact) mass is 563 g/mol. The number of benzene rings is 3. The zero-order valence-electron chi connectivity index (χ0n) is 20.3. The Hall–Kier alpha value is -4.31. The van der Waals surface area contributed by atoms with E-state index in [0.717, 1.165) is 28.8 Å². The van der Waals surface area contributed by atoms with Gasteiger partial charge in [0.05, 0.1) is 11.1 Å². The van der Waals surface area contributed by atoms with Gasteiger partial charge in [-0.25, -0.2) is 5.43 Å². The first kappa shape index (κ1) is 27.3. The molecule has 10 heteroatoms. The smallest absolute Gasteiger partial charge is 0.287 e. The normalized spacial score (nSPS) is 11.3. The second-order valence-corrected chi connectivity index (χ2v) is 8.75. The van der Waals surface area contributed by atoms with Gasteiger partial charge in [0, 0.05) is 40.9 Å². The van der Waals surface area contributed by atoms with Gasteiger partial charge in [-0.15, -0.1) is 0 Å². The van der Waals surface area contributed by atoms with Crippen LogP contribution < -0.4 is 15.6 Å². The van der Waals surface area contributed by atoms with Gasteiger partial charge in [0.25, 0.3) is 17.5 Å². The number of non-ortho nitro benzene ring substituents is 1. The fourth-order valence-electron chi connectivity index (χ4n) is 3.40. The standard InChI is InChI=1S/C27H26BrN5O4/c1-3-32(4-2)23-13-7-19(8-14-23)17-25(27(35)31-29-18-20-5-11-22(28)12-6-20)30-26(34)21-9-15-24(16-10-21)33(36)37/h5-18H,3-4H2,1-2H3,(H,30,34)(H,31,35)/b25-17+,29-18+. The highest BCUT2D eigenvalue weighted by molar-refractivity contribution is 9.10. The molecule has 3 aromatic carbocycles. The highest BCUT2D eigenvalue weighted by Gasteiger charge is 2.16. The third-order valence-electron chi connectivity index (χ3n) is 5.42. The molecule has 0 radical (unpaired) electrons. The van der Waals surface area contributed by atoms with E-state index in [1.165, 1.54) is 30.5 Å². The third kappa shape index (κ3) is 7.84. The van der Waals surface area contributed by atoms with E-state index in [2.05, 4.69) is 50.5 Å². The minimum atomic E-state index is -0.628. The molecule has 9 nitrogen and oxygen atoms in total. The largest absolute Gasteiger partial charge is 0.372 e. The Kier molecular flexibility index (Phi) is 9.68. The Morgan fingerprint density at radius 1 is 0.946 bits per heavy atom. The number of carbonyl (C=O) groups excluding carboxylic acids is 2. The molecule has 3 rings (SSSR count). The molecule has 0 spiro atoms. The van der Waals surface area contributed by atoms with Gasteiger partial charge in [-0.3, -0.25) is 19.7 Å². The zero-order valence-corrected chi connectivity index (χ0v) is 21.9. The van der Waals surface area contributed by atoms with E-state index in [4.69, 9.17) is 0 Å². The summed E-state index contributed by atoms with van der Waals surface area (Å²) in [5.74, 6) is -1.22. The summed E-state index contributed by atoms with van der Waals surface area (Å²) < 4.78 is 0.917. The Balaban J connectivity index is 1.83. The first-order chi connectivity index (χ1) is 17.8. The van der Waals surface area contributed by atoms with Crippen molar-refractivity contribution in [1.82, 2.24) is 10.7 Å². The van der Waals surface area contributed by atoms with Crippen LogP contribution >= 0.6 is 15.9 Å². The quantitative estimate of drug-likeness (QED) is 0.153. The van der Waals surface area contributed by atoms with Gasteiger partial charge < -0.3 is 10.2 Å². The lowest BCUT2D eigenvalue weighted by atomic mass is 10.1. The molecule has 0 aliphatic heterocycles. The molecule has 0 heterocycles. The number of hydrogen-bond donors (Lipinski definition) is 2. The molecule has 0 aromatic heterocycles. The van der Waals surface area contributed by atoms with Crippen molar-refractivity contribution in [2.45, 2.75) is 13.8 Å². The second-order valence-electron chi connectivity index (χ2n) is 7.83. The van der Waals surface area contributed by atoms with Gasteiger partial charge in [0.15, 0.2) is 0 Å². The van der Waals surface area contributed by atoms with Crippen LogP contribution in [0.25, 0.3) is 6.08 Å². The average molecular weight is 564 g/mol. The van der Waals surface area contributed by atoms with Gasteiger partial charge in [0.2, 0.25) is 0 Å². The Bertz CT molecular complexity index is 1300. The van der Waals surface area contributed by atoms with Crippen LogP contribution in [0.4, 0.5) is 11.4 Å². The van der Waals surface area contributed by atoms with E-state index in [0.29, 0.717) is 5.56 Å². The molecule has 0 saturated heterocycles. The minimum absolute atomic E-state index is 0.0353. The average Bonchev–Trinajstić information content (AvgIpc) is 2.91. The number of nitrogens with zero attached hydrogens (tertiary/aromatic N) is 3. The first-order valence-corrected chi connectivity index (χ1v) is 12.3. The molecule has 0 atom stereocenters. The number of hydrogen-bond acceptors (Lipinski definition) is 6. The van der Waals surface area contributed by atoms with E-state index in [1.807, 2.05) is 48.5 Å². The summed E-state index contributed by atoms with van der Waals surface area (Å²) in [5.41, 5.74) is 4.94. The van der Waals surface area contributed by atoms with Crippen molar-refractivity contribution in [3.63, 3.8) is 0 Å². The van der Waals surface area contributed by atoms with Crippen molar-refractivity contribution in [2.24, 2.45) is 5.10 Å². The fourth-order valence-corrected chi connectivity index (χ4v) is 3.66. The summed E-state index contributed by atoms with van der Waals surface area (Å²) in [6, 6.07) is 20.0. The molecule has 2 N–H and O–H groups in total. The summed E-state index contributed by atoms with van der Waals surface area (Å²) in [6.45, 7) is 5.87. The van der Waals surface area contributed by atoms with E-state index in [1.54, 1.807) is 6.08 Å². The van der Waals surface area contributed by atoms with E-state index < -0.39 is 16.7 Å². The van der Waals surface area contributed by atoms with Crippen molar-refractivity contribution in [3.8, 4) is 0 Å². The maximum Gasteiger partial charge on any atom is 0.287 e. The third-order valence-corrected chi connectivity index (χ3v) is 5.94. The molecular formula is C27H26BrN5O4. The molecule has 0 fully saturated rings. The van der Waals surface area contributed by atoms with E-state index in [-0.39, 0.29) is 16.9 Å².